The lowest BCUT2D eigenvalue weighted by Gasteiger charge is -2.32. The van der Waals surface area contributed by atoms with Crippen molar-refractivity contribution in [1.82, 2.24) is 0 Å². The smallest absolute Gasteiger partial charge is 0.399 e. The molecule has 0 spiro atoms. The molecule has 0 unspecified atom stereocenters. The number of benzene rings is 1. The Morgan fingerprint density at radius 2 is 1.75 bits per heavy atom. The predicted octanol–water partition coefficient (Wildman–Crippen LogP) is 2.65. The lowest BCUT2D eigenvalue weighted by Crippen LogP contribution is -2.41. The summed E-state index contributed by atoms with van der Waals surface area (Å²) in [4.78, 5) is 0. The summed E-state index contributed by atoms with van der Waals surface area (Å²) in [6.45, 7) is 11.6. The van der Waals surface area contributed by atoms with E-state index in [1.807, 2.05) is 0 Å². The van der Waals surface area contributed by atoms with Gasteiger partial charge in [0.25, 0.3) is 0 Å². The Balaban J connectivity index is 2.01. The van der Waals surface area contributed by atoms with Gasteiger partial charge in [0.1, 0.15) is 0 Å². The number of rotatable bonds is 1. The molecule has 3 rings (SSSR count). The van der Waals surface area contributed by atoms with E-state index < -0.39 is 0 Å². The van der Waals surface area contributed by atoms with Gasteiger partial charge in [-0.05, 0) is 53.0 Å². The van der Waals surface area contributed by atoms with Crippen LogP contribution < -0.4 is 10.8 Å². The summed E-state index contributed by atoms with van der Waals surface area (Å²) in [5.74, 6) is 0. The van der Waals surface area contributed by atoms with Crippen molar-refractivity contribution in [3.8, 4) is 0 Å². The molecule has 0 radical (unpaired) electrons. The first-order valence-corrected chi connectivity index (χ1v) is 7.53. The fourth-order valence-electron chi connectivity index (χ4n) is 2.95. The van der Waals surface area contributed by atoms with Gasteiger partial charge in [-0.15, -0.1) is 0 Å². The average molecular weight is 273 g/mol. The number of aryl methyl sites for hydroxylation is 2. The lowest BCUT2D eigenvalue weighted by molar-refractivity contribution is 0.00578. The maximum atomic E-state index is 6.21. The van der Waals surface area contributed by atoms with Crippen molar-refractivity contribution < 1.29 is 9.31 Å². The largest absolute Gasteiger partial charge is 0.496 e. The minimum atomic E-state index is -0.289. The average Bonchev–Trinajstić information content (AvgIpc) is 2.57. The van der Waals surface area contributed by atoms with Gasteiger partial charge in [-0.25, -0.2) is 0 Å². The van der Waals surface area contributed by atoms with Crippen molar-refractivity contribution in [2.75, 3.05) is 11.9 Å². The highest BCUT2D eigenvalue weighted by Crippen LogP contribution is 2.37. The van der Waals surface area contributed by atoms with E-state index in [-0.39, 0.29) is 18.3 Å². The number of anilines is 1. The van der Waals surface area contributed by atoms with Crippen LogP contribution in [0.25, 0.3) is 0 Å². The van der Waals surface area contributed by atoms with E-state index in [9.17, 15) is 0 Å². The van der Waals surface area contributed by atoms with E-state index in [0.717, 1.165) is 18.4 Å². The number of hydrogen-bond acceptors (Lipinski definition) is 3. The van der Waals surface area contributed by atoms with Crippen LogP contribution in [0.4, 0.5) is 5.69 Å². The van der Waals surface area contributed by atoms with Crippen LogP contribution in [0.5, 0.6) is 0 Å². The first kappa shape index (κ1) is 14.0. The molecule has 1 saturated heterocycles. The first-order chi connectivity index (χ1) is 9.30. The van der Waals surface area contributed by atoms with Gasteiger partial charge in [0.15, 0.2) is 0 Å². The highest BCUT2D eigenvalue weighted by atomic mass is 16.7. The summed E-state index contributed by atoms with van der Waals surface area (Å²) in [5.41, 5.74) is 4.46. The minimum Gasteiger partial charge on any atom is -0.399 e. The second-order valence-corrected chi connectivity index (χ2v) is 7.01. The van der Waals surface area contributed by atoms with Crippen LogP contribution in [-0.2, 0) is 15.7 Å². The number of nitrogens with one attached hydrogen (secondary N) is 1. The molecule has 0 bridgehead atoms. The molecule has 1 aromatic carbocycles. The number of hydrogen-bond donors (Lipinski definition) is 1. The fourth-order valence-corrected chi connectivity index (χ4v) is 2.95. The first-order valence-electron chi connectivity index (χ1n) is 7.53. The van der Waals surface area contributed by atoms with Crippen LogP contribution in [-0.4, -0.2) is 24.9 Å². The molecule has 1 aromatic rings. The molecule has 2 heterocycles. The summed E-state index contributed by atoms with van der Waals surface area (Å²) in [5, 5.41) is 3.53. The summed E-state index contributed by atoms with van der Waals surface area (Å²) >= 11 is 0. The predicted molar refractivity (Wildman–Crippen MR) is 83.7 cm³/mol. The summed E-state index contributed by atoms with van der Waals surface area (Å²) < 4.78 is 12.4. The molecule has 1 N–H and O–H groups in total. The Labute approximate surface area is 122 Å². The van der Waals surface area contributed by atoms with Crippen molar-refractivity contribution >= 4 is 18.3 Å². The molecule has 108 valence electrons. The van der Waals surface area contributed by atoms with E-state index in [2.05, 4.69) is 52.1 Å². The molecule has 0 aliphatic carbocycles. The van der Waals surface area contributed by atoms with Crippen LogP contribution in [0, 0.1) is 6.92 Å². The Hall–Kier alpha value is -0.995. The van der Waals surface area contributed by atoms with Crippen molar-refractivity contribution in [3.63, 3.8) is 0 Å². The highest BCUT2D eigenvalue weighted by molar-refractivity contribution is 6.64. The van der Waals surface area contributed by atoms with Crippen LogP contribution in [0.1, 0.15) is 45.2 Å². The Morgan fingerprint density at radius 1 is 1.10 bits per heavy atom. The molecule has 20 heavy (non-hydrogen) atoms. The van der Waals surface area contributed by atoms with Gasteiger partial charge >= 0.3 is 7.12 Å². The maximum absolute atomic E-state index is 6.21. The maximum Gasteiger partial charge on any atom is 0.496 e. The molecule has 2 aliphatic heterocycles. The van der Waals surface area contributed by atoms with Crippen LogP contribution in [0.2, 0.25) is 0 Å². The van der Waals surface area contributed by atoms with Crippen molar-refractivity contribution in [2.45, 2.75) is 58.7 Å². The van der Waals surface area contributed by atoms with Gasteiger partial charge in [0, 0.05) is 17.7 Å². The minimum absolute atomic E-state index is 0.278. The van der Waals surface area contributed by atoms with E-state index in [0.29, 0.717) is 0 Å². The van der Waals surface area contributed by atoms with E-state index >= 15 is 0 Å². The zero-order valence-corrected chi connectivity index (χ0v) is 13.2. The molecule has 0 amide bonds. The van der Waals surface area contributed by atoms with E-state index in [1.165, 1.54) is 23.2 Å². The summed E-state index contributed by atoms with van der Waals surface area (Å²) in [6.07, 6.45) is 2.33. The SMILES string of the molecule is Cc1cc2c(c(B3OC(C)(C)C(C)(C)O3)c1)NCCC2. The van der Waals surface area contributed by atoms with Crippen molar-refractivity contribution in [2.24, 2.45) is 0 Å². The number of fused-ring (bicyclic) bond motifs is 1. The molecule has 4 heteroatoms. The van der Waals surface area contributed by atoms with Gasteiger partial charge in [-0.3, -0.25) is 0 Å². The van der Waals surface area contributed by atoms with Crippen molar-refractivity contribution in [1.29, 1.82) is 0 Å². The third kappa shape index (κ3) is 2.15. The van der Waals surface area contributed by atoms with Gasteiger partial charge in [-0.2, -0.15) is 0 Å². The second-order valence-electron chi connectivity index (χ2n) is 7.01. The van der Waals surface area contributed by atoms with Gasteiger partial charge < -0.3 is 14.6 Å². The molecular weight excluding hydrogens is 249 g/mol. The third-order valence-corrected chi connectivity index (χ3v) is 4.83. The molecule has 0 saturated carbocycles. The van der Waals surface area contributed by atoms with Gasteiger partial charge in [0.05, 0.1) is 11.2 Å². The molecule has 0 atom stereocenters. The second kappa shape index (κ2) is 4.50. The fraction of sp³-hybridized carbons (Fsp3) is 0.625. The quantitative estimate of drug-likeness (QED) is 0.798. The third-order valence-electron chi connectivity index (χ3n) is 4.83. The summed E-state index contributed by atoms with van der Waals surface area (Å²) in [6, 6.07) is 4.47. The molecule has 2 aliphatic rings. The molecule has 0 aromatic heterocycles. The van der Waals surface area contributed by atoms with Crippen LogP contribution >= 0.6 is 0 Å². The van der Waals surface area contributed by atoms with Crippen LogP contribution in [0.3, 0.4) is 0 Å². The zero-order valence-electron chi connectivity index (χ0n) is 13.2. The Morgan fingerprint density at radius 3 is 2.40 bits per heavy atom. The Bertz CT molecular complexity index is 524. The normalized spacial score (nSPS) is 23.4. The van der Waals surface area contributed by atoms with Crippen LogP contribution in [0.15, 0.2) is 12.1 Å². The van der Waals surface area contributed by atoms with Crippen molar-refractivity contribution in [3.05, 3.63) is 23.3 Å². The van der Waals surface area contributed by atoms with Gasteiger partial charge in [0.2, 0.25) is 0 Å². The molecular formula is C16H24BNO2. The Kier molecular flexibility index (Phi) is 3.14. The topological polar surface area (TPSA) is 30.5 Å². The van der Waals surface area contributed by atoms with Gasteiger partial charge in [-0.1, -0.05) is 17.7 Å². The standard InChI is InChI=1S/C16H24BNO2/c1-11-9-12-7-6-8-18-14(12)13(10-11)17-19-15(2,3)16(4,5)20-17/h9-10,18H,6-8H2,1-5H3. The summed E-state index contributed by atoms with van der Waals surface area (Å²) in [7, 11) is -0.278. The van der Waals surface area contributed by atoms with E-state index in [4.69, 9.17) is 9.31 Å². The monoisotopic (exact) mass is 273 g/mol. The molecule has 3 nitrogen and oxygen atoms in total. The lowest BCUT2D eigenvalue weighted by atomic mass is 9.75. The van der Waals surface area contributed by atoms with E-state index in [1.54, 1.807) is 0 Å². The zero-order chi connectivity index (χ0) is 14.5. The highest BCUT2D eigenvalue weighted by Gasteiger charge is 2.52. The molecule has 1 fully saturated rings.